The average Bonchev–Trinajstić information content (AvgIpc) is 3.11. The number of hydrogen-bond donors (Lipinski definition) is 1. The quantitative estimate of drug-likeness (QED) is 0.497. The lowest BCUT2D eigenvalue weighted by atomic mass is 9.89. The van der Waals surface area contributed by atoms with Crippen LogP contribution in [0.2, 0.25) is 0 Å². The molecule has 1 N–H and O–H groups in total. The molecule has 0 saturated heterocycles. The van der Waals surface area contributed by atoms with E-state index in [1.54, 1.807) is 38.3 Å². The van der Waals surface area contributed by atoms with Crippen LogP contribution in [0.15, 0.2) is 48.5 Å². The molecule has 0 fully saturated rings. The lowest BCUT2D eigenvalue weighted by Gasteiger charge is -2.37. The molecular weight excluding hydrogens is 386 g/mol. The van der Waals surface area contributed by atoms with E-state index in [9.17, 15) is 14.7 Å². The van der Waals surface area contributed by atoms with Crippen molar-refractivity contribution in [3.05, 3.63) is 54.1 Å². The first-order valence-electron chi connectivity index (χ1n) is 9.79. The average molecular weight is 409 g/mol. The molecule has 1 aliphatic rings. The first-order valence-corrected chi connectivity index (χ1v) is 9.79. The molecule has 8 heteroatoms. The van der Waals surface area contributed by atoms with Gasteiger partial charge in [0.15, 0.2) is 5.92 Å². The number of carbonyl (C=O) groups excluding carboxylic acids is 2. The van der Waals surface area contributed by atoms with Gasteiger partial charge in [-0.05, 0) is 36.8 Å². The van der Waals surface area contributed by atoms with E-state index in [1.807, 2.05) is 28.8 Å². The van der Waals surface area contributed by atoms with E-state index >= 15 is 0 Å². The second kappa shape index (κ2) is 8.16. The molecule has 30 heavy (non-hydrogen) atoms. The molecular formula is C22H23N3O5. The van der Waals surface area contributed by atoms with Gasteiger partial charge >= 0.3 is 5.97 Å². The molecule has 2 unspecified atom stereocenters. The van der Waals surface area contributed by atoms with Crippen LogP contribution in [0.3, 0.4) is 0 Å². The number of phenols is 1. The zero-order valence-corrected chi connectivity index (χ0v) is 16.8. The Morgan fingerprint density at radius 2 is 2.00 bits per heavy atom. The van der Waals surface area contributed by atoms with Crippen molar-refractivity contribution in [3.63, 3.8) is 0 Å². The lowest BCUT2D eigenvalue weighted by molar-refractivity contribution is -0.153. The summed E-state index contributed by atoms with van der Waals surface area (Å²) in [4.78, 5) is 32.6. The minimum Gasteiger partial charge on any atom is -0.508 e. The fourth-order valence-corrected chi connectivity index (χ4v) is 3.95. The Labute approximate surface area is 173 Å². The normalized spacial score (nSPS) is 18.5. The van der Waals surface area contributed by atoms with E-state index in [1.165, 1.54) is 4.90 Å². The molecule has 2 aromatic carbocycles. The Bertz CT molecular complexity index is 1090. The fourth-order valence-electron chi connectivity index (χ4n) is 3.95. The van der Waals surface area contributed by atoms with Gasteiger partial charge in [0.2, 0.25) is 11.9 Å². The van der Waals surface area contributed by atoms with Crippen molar-refractivity contribution in [2.24, 2.45) is 5.92 Å². The summed E-state index contributed by atoms with van der Waals surface area (Å²) in [7, 11) is 1.55. The number of phenolic OH excluding ortho intramolecular Hbond substituents is 1. The number of methoxy groups -OCH3 is 1. The van der Waals surface area contributed by atoms with Gasteiger partial charge in [-0.25, -0.2) is 4.98 Å². The van der Waals surface area contributed by atoms with Crippen LogP contribution in [0.25, 0.3) is 11.0 Å². The van der Waals surface area contributed by atoms with Crippen LogP contribution in [-0.4, -0.2) is 53.4 Å². The number of aromatic nitrogens is 2. The van der Waals surface area contributed by atoms with Crippen molar-refractivity contribution < 1.29 is 24.2 Å². The van der Waals surface area contributed by atoms with Gasteiger partial charge in [0.25, 0.3) is 0 Å². The molecule has 2 heterocycles. The topological polar surface area (TPSA) is 93.9 Å². The number of esters is 1. The van der Waals surface area contributed by atoms with Crippen molar-refractivity contribution >= 4 is 28.9 Å². The summed E-state index contributed by atoms with van der Waals surface area (Å²) in [5.74, 6) is -1.64. The van der Waals surface area contributed by atoms with Crippen LogP contribution < -0.4 is 4.90 Å². The van der Waals surface area contributed by atoms with Crippen LogP contribution in [0.4, 0.5) is 5.95 Å². The maximum atomic E-state index is 13.5. The molecule has 8 nitrogen and oxygen atoms in total. The van der Waals surface area contributed by atoms with Gasteiger partial charge < -0.3 is 19.1 Å². The van der Waals surface area contributed by atoms with E-state index in [0.29, 0.717) is 23.6 Å². The van der Waals surface area contributed by atoms with Gasteiger partial charge in [-0.3, -0.25) is 14.5 Å². The number of fused-ring (bicyclic) bond motifs is 3. The van der Waals surface area contributed by atoms with Crippen LogP contribution in [0, 0.1) is 5.92 Å². The van der Waals surface area contributed by atoms with Crippen LogP contribution in [0.5, 0.6) is 5.75 Å². The highest BCUT2D eigenvalue weighted by Crippen LogP contribution is 2.41. The molecule has 0 spiro atoms. The molecule has 1 aliphatic heterocycles. The van der Waals surface area contributed by atoms with Crippen molar-refractivity contribution in [1.29, 1.82) is 0 Å². The third-order valence-electron chi connectivity index (χ3n) is 5.22. The first-order chi connectivity index (χ1) is 14.6. The van der Waals surface area contributed by atoms with Crippen molar-refractivity contribution in [3.8, 4) is 5.75 Å². The maximum absolute atomic E-state index is 13.5. The van der Waals surface area contributed by atoms with Crippen molar-refractivity contribution in [2.45, 2.75) is 13.0 Å². The standard InChI is InChI=1S/C22H23N3O5/c1-3-30-21(28)18-19(14-7-6-8-15(26)13-14)25-17-10-5-4-9-16(17)23-22(25)24(20(18)27)11-12-29-2/h4-10,13,18-19,26H,3,11-12H2,1-2H3. The van der Waals surface area contributed by atoms with E-state index in [4.69, 9.17) is 9.47 Å². The number of hydrogen-bond acceptors (Lipinski definition) is 6. The van der Waals surface area contributed by atoms with Gasteiger partial charge in [0.05, 0.1) is 36.8 Å². The number of benzene rings is 2. The summed E-state index contributed by atoms with van der Waals surface area (Å²) in [5.41, 5.74) is 2.11. The fraction of sp³-hybridized carbons (Fsp3) is 0.318. The van der Waals surface area contributed by atoms with Crippen molar-refractivity contribution in [1.82, 2.24) is 9.55 Å². The number of para-hydroxylation sites is 2. The van der Waals surface area contributed by atoms with E-state index in [2.05, 4.69) is 4.98 Å². The number of rotatable bonds is 6. The minimum absolute atomic E-state index is 0.0512. The maximum Gasteiger partial charge on any atom is 0.321 e. The van der Waals surface area contributed by atoms with Gasteiger partial charge in [0.1, 0.15) is 5.75 Å². The third kappa shape index (κ3) is 3.29. The largest absolute Gasteiger partial charge is 0.508 e. The molecule has 0 radical (unpaired) electrons. The van der Waals surface area contributed by atoms with Gasteiger partial charge in [-0.15, -0.1) is 0 Å². The Kier molecular flexibility index (Phi) is 5.41. The number of anilines is 1. The number of carbonyl (C=O) groups is 2. The molecule has 1 amide bonds. The molecule has 2 atom stereocenters. The smallest absolute Gasteiger partial charge is 0.321 e. The van der Waals surface area contributed by atoms with E-state index in [-0.39, 0.29) is 18.9 Å². The summed E-state index contributed by atoms with van der Waals surface area (Å²) in [6.07, 6.45) is 0. The highest BCUT2D eigenvalue weighted by atomic mass is 16.5. The summed E-state index contributed by atoms with van der Waals surface area (Å²) in [6.45, 7) is 2.41. The van der Waals surface area contributed by atoms with Gasteiger partial charge in [0, 0.05) is 7.11 Å². The zero-order chi connectivity index (χ0) is 21.3. The number of aromatic hydroxyl groups is 1. The Hall–Kier alpha value is -3.39. The van der Waals surface area contributed by atoms with Crippen LogP contribution >= 0.6 is 0 Å². The summed E-state index contributed by atoms with van der Waals surface area (Å²) in [5, 5.41) is 10.1. The molecule has 4 rings (SSSR count). The molecule has 1 aromatic heterocycles. The second-order valence-electron chi connectivity index (χ2n) is 7.02. The predicted molar refractivity (Wildman–Crippen MR) is 110 cm³/mol. The molecule has 0 saturated carbocycles. The number of imidazole rings is 1. The van der Waals surface area contributed by atoms with E-state index in [0.717, 1.165) is 5.52 Å². The first kappa shape index (κ1) is 19.9. The summed E-state index contributed by atoms with van der Waals surface area (Å²) >= 11 is 0. The molecule has 156 valence electrons. The van der Waals surface area contributed by atoms with Gasteiger partial charge in [-0.1, -0.05) is 24.3 Å². The Morgan fingerprint density at radius 3 is 2.73 bits per heavy atom. The summed E-state index contributed by atoms with van der Waals surface area (Å²) < 4.78 is 12.3. The van der Waals surface area contributed by atoms with Crippen LogP contribution in [0.1, 0.15) is 18.5 Å². The number of ether oxygens (including phenoxy) is 2. The summed E-state index contributed by atoms with van der Waals surface area (Å²) in [6, 6.07) is 13.4. The zero-order valence-electron chi connectivity index (χ0n) is 16.8. The Morgan fingerprint density at radius 1 is 1.20 bits per heavy atom. The number of amides is 1. The van der Waals surface area contributed by atoms with Gasteiger partial charge in [-0.2, -0.15) is 0 Å². The lowest BCUT2D eigenvalue weighted by Crippen LogP contribution is -2.51. The highest BCUT2D eigenvalue weighted by molar-refractivity contribution is 6.08. The monoisotopic (exact) mass is 409 g/mol. The second-order valence-corrected chi connectivity index (χ2v) is 7.02. The SMILES string of the molecule is CCOC(=O)C1C(=O)N(CCOC)c2nc3ccccc3n2C1c1cccc(O)c1. The number of nitrogens with zero attached hydrogens (tertiary/aromatic N) is 3. The molecule has 0 bridgehead atoms. The van der Waals surface area contributed by atoms with Crippen molar-refractivity contribution in [2.75, 3.05) is 31.8 Å². The Balaban J connectivity index is 1.98. The third-order valence-corrected chi connectivity index (χ3v) is 5.22. The predicted octanol–water partition coefficient (Wildman–Crippen LogP) is 2.50. The van der Waals surface area contributed by atoms with Crippen LogP contribution in [-0.2, 0) is 19.1 Å². The highest BCUT2D eigenvalue weighted by Gasteiger charge is 2.47. The molecule has 0 aliphatic carbocycles. The van der Waals surface area contributed by atoms with E-state index < -0.39 is 23.8 Å². The minimum atomic E-state index is -1.12. The molecule has 3 aromatic rings.